The predicted octanol–water partition coefficient (Wildman–Crippen LogP) is 1.83. The minimum absolute atomic E-state index is 0.229. The number of carbonyl (C=O) groups excluding carboxylic acids is 1. The van der Waals surface area contributed by atoms with Crippen LogP contribution in [0, 0.1) is 0 Å². The van der Waals surface area contributed by atoms with Gasteiger partial charge < -0.3 is 14.8 Å². The van der Waals surface area contributed by atoms with Crippen LogP contribution in [0.3, 0.4) is 0 Å². The zero-order valence-corrected chi connectivity index (χ0v) is 12.6. The van der Waals surface area contributed by atoms with Gasteiger partial charge in [0.2, 0.25) is 0 Å². The van der Waals surface area contributed by atoms with Crippen LogP contribution >= 0.6 is 0 Å². The first-order valence-corrected chi connectivity index (χ1v) is 7.12. The maximum Gasteiger partial charge on any atom is 0.308 e. The fourth-order valence-electron chi connectivity index (χ4n) is 2.58. The summed E-state index contributed by atoms with van der Waals surface area (Å²) in [5.74, 6) is 0.0131. The zero-order chi connectivity index (χ0) is 16.1. The van der Waals surface area contributed by atoms with Crippen LogP contribution in [0.4, 0.5) is 8.78 Å². The van der Waals surface area contributed by atoms with Crippen molar-refractivity contribution in [1.82, 2.24) is 10.2 Å². The summed E-state index contributed by atoms with van der Waals surface area (Å²) in [6.45, 7) is 3.76. The van der Waals surface area contributed by atoms with E-state index >= 15 is 0 Å². The molecule has 1 heterocycles. The highest BCUT2D eigenvalue weighted by Crippen LogP contribution is 2.35. The molecule has 1 aromatic rings. The van der Waals surface area contributed by atoms with Gasteiger partial charge in [0.1, 0.15) is 0 Å². The fourth-order valence-corrected chi connectivity index (χ4v) is 2.58. The summed E-state index contributed by atoms with van der Waals surface area (Å²) in [6.07, 6.45) is -2.51. The highest BCUT2D eigenvalue weighted by molar-refractivity contribution is 5.70. The average Bonchev–Trinajstić information content (AvgIpc) is 2.49. The molecule has 2 rings (SSSR count). The van der Waals surface area contributed by atoms with Crippen molar-refractivity contribution in [3.63, 3.8) is 0 Å². The summed E-state index contributed by atoms with van der Waals surface area (Å²) in [5, 5.41) is 3.14. The Labute approximate surface area is 128 Å². The number of esters is 1. The van der Waals surface area contributed by atoms with E-state index in [2.05, 4.69) is 5.32 Å². The Morgan fingerprint density at radius 3 is 2.50 bits per heavy atom. The minimum atomic E-state index is -2.51. The quantitative estimate of drug-likeness (QED) is 0.664. The summed E-state index contributed by atoms with van der Waals surface area (Å²) in [4.78, 5) is 12.8. The van der Waals surface area contributed by atoms with Gasteiger partial charge in [0.25, 0.3) is 6.43 Å². The second-order valence-corrected chi connectivity index (χ2v) is 5.07. The number of halogens is 2. The van der Waals surface area contributed by atoms with Crippen LogP contribution in [-0.2, 0) is 4.79 Å². The molecule has 0 saturated carbocycles. The van der Waals surface area contributed by atoms with Crippen LogP contribution in [0.5, 0.6) is 11.5 Å². The molecule has 5 nitrogen and oxygen atoms in total. The van der Waals surface area contributed by atoms with Gasteiger partial charge >= 0.3 is 5.97 Å². The molecule has 0 amide bonds. The lowest BCUT2D eigenvalue weighted by Crippen LogP contribution is -2.46. The van der Waals surface area contributed by atoms with Gasteiger partial charge in [0.05, 0.1) is 13.2 Å². The lowest BCUT2D eigenvalue weighted by atomic mass is 10.0. The number of piperazine rings is 1. The summed E-state index contributed by atoms with van der Waals surface area (Å²) < 4.78 is 37.2. The van der Waals surface area contributed by atoms with Gasteiger partial charge in [-0.05, 0) is 17.7 Å². The van der Waals surface area contributed by atoms with E-state index in [-0.39, 0.29) is 11.5 Å². The standard InChI is InChI=1S/C15H20F2N2O3/c1-10(20)22-12-4-3-11(9-13(12)21-2)14(15(16)17)19-7-5-18-6-8-19/h3-4,9,14-15,18H,5-8H2,1-2H3/t14-/m1/s1. The lowest BCUT2D eigenvalue weighted by Gasteiger charge is -2.34. The summed E-state index contributed by atoms with van der Waals surface area (Å²) >= 11 is 0. The third-order valence-corrected chi connectivity index (χ3v) is 3.57. The van der Waals surface area contributed by atoms with Crippen LogP contribution in [0.1, 0.15) is 18.5 Å². The van der Waals surface area contributed by atoms with Gasteiger partial charge in [0, 0.05) is 33.1 Å². The molecule has 122 valence electrons. The monoisotopic (exact) mass is 314 g/mol. The summed E-state index contributed by atoms with van der Waals surface area (Å²) in [5.41, 5.74) is 0.449. The Bertz CT molecular complexity index is 520. The first-order chi connectivity index (χ1) is 10.5. The minimum Gasteiger partial charge on any atom is -0.493 e. The van der Waals surface area contributed by atoms with Crippen LogP contribution in [0.15, 0.2) is 18.2 Å². The number of hydrogen-bond acceptors (Lipinski definition) is 5. The molecule has 0 radical (unpaired) electrons. The van der Waals surface area contributed by atoms with Crippen molar-refractivity contribution in [2.75, 3.05) is 33.3 Å². The maximum atomic E-state index is 13.5. The molecule has 0 spiro atoms. The Morgan fingerprint density at radius 2 is 1.95 bits per heavy atom. The van der Waals surface area contributed by atoms with Crippen LogP contribution in [0.25, 0.3) is 0 Å². The number of alkyl halides is 2. The number of rotatable bonds is 5. The van der Waals surface area contributed by atoms with Crippen molar-refractivity contribution in [3.8, 4) is 11.5 Å². The largest absolute Gasteiger partial charge is 0.493 e. The third kappa shape index (κ3) is 3.92. The molecule has 1 aromatic carbocycles. The van der Waals surface area contributed by atoms with Gasteiger partial charge in [-0.15, -0.1) is 0 Å². The Hall–Kier alpha value is -1.73. The summed E-state index contributed by atoms with van der Waals surface area (Å²) in [7, 11) is 1.41. The van der Waals surface area contributed by atoms with E-state index in [9.17, 15) is 13.6 Å². The van der Waals surface area contributed by atoms with Gasteiger partial charge in [-0.2, -0.15) is 0 Å². The molecular formula is C15H20F2N2O3. The normalized spacial score (nSPS) is 17.3. The van der Waals surface area contributed by atoms with Gasteiger partial charge in [-0.3, -0.25) is 9.69 Å². The van der Waals surface area contributed by atoms with E-state index in [0.29, 0.717) is 31.7 Å². The predicted molar refractivity (Wildman–Crippen MR) is 77.5 cm³/mol. The van der Waals surface area contributed by atoms with Crippen molar-refractivity contribution in [2.45, 2.75) is 19.4 Å². The fraction of sp³-hybridized carbons (Fsp3) is 0.533. The van der Waals surface area contributed by atoms with Crippen LogP contribution in [0.2, 0.25) is 0 Å². The molecule has 1 aliphatic rings. The second-order valence-electron chi connectivity index (χ2n) is 5.07. The molecular weight excluding hydrogens is 294 g/mol. The van der Waals surface area contributed by atoms with Crippen molar-refractivity contribution < 1.29 is 23.0 Å². The molecule has 0 aromatic heterocycles. The smallest absolute Gasteiger partial charge is 0.308 e. The van der Waals surface area contributed by atoms with Crippen LogP contribution < -0.4 is 14.8 Å². The molecule has 1 saturated heterocycles. The summed E-state index contributed by atoms with van der Waals surface area (Å²) in [6, 6.07) is 3.56. The molecule has 22 heavy (non-hydrogen) atoms. The zero-order valence-electron chi connectivity index (χ0n) is 12.6. The van der Waals surface area contributed by atoms with Gasteiger partial charge in [-0.1, -0.05) is 6.07 Å². The Kier molecular flexibility index (Phi) is 5.68. The first-order valence-electron chi connectivity index (χ1n) is 7.12. The van der Waals surface area contributed by atoms with Crippen molar-refractivity contribution in [1.29, 1.82) is 0 Å². The molecule has 1 fully saturated rings. The van der Waals surface area contributed by atoms with E-state index in [1.54, 1.807) is 11.0 Å². The first kappa shape index (κ1) is 16.6. The number of carbonyl (C=O) groups is 1. The van der Waals surface area contributed by atoms with Crippen molar-refractivity contribution in [2.24, 2.45) is 0 Å². The number of ether oxygens (including phenoxy) is 2. The van der Waals surface area contributed by atoms with E-state index in [1.807, 2.05) is 0 Å². The number of methoxy groups -OCH3 is 1. The van der Waals surface area contributed by atoms with E-state index in [4.69, 9.17) is 9.47 Å². The molecule has 1 aliphatic heterocycles. The average molecular weight is 314 g/mol. The Morgan fingerprint density at radius 1 is 1.27 bits per heavy atom. The number of benzene rings is 1. The number of hydrogen-bond donors (Lipinski definition) is 1. The number of nitrogens with one attached hydrogen (secondary N) is 1. The molecule has 1 atom stereocenters. The molecule has 7 heteroatoms. The van der Waals surface area contributed by atoms with E-state index in [0.717, 1.165) is 0 Å². The SMILES string of the molecule is COc1cc([C@H](C(F)F)N2CCNCC2)ccc1OC(C)=O. The number of nitrogens with zero attached hydrogens (tertiary/aromatic N) is 1. The molecule has 1 N–H and O–H groups in total. The third-order valence-electron chi connectivity index (χ3n) is 3.57. The second kappa shape index (κ2) is 7.51. The lowest BCUT2D eigenvalue weighted by molar-refractivity contribution is -0.132. The van der Waals surface area contributed by atoms with Crippen molar-refractivity contribution in [3.05, 3.63) is 23.8 Å². The van der Waals surface area contributed by atoms with Crippen LogP contribution in [-0.4, -0.2) is 50.6 Å². The topological polar surface area (TPSA) is 50.8 Å². The van der Waals surface area contributed by atoms with Gasteiger partial charge in [-0.25, -0.2) is 8.78 Å². The van der Waals surface area contributed by atoms with Gasteiger partial charge in [0.15, 0.2) is 11.5 Å². The highest BCUT2D eigenvalue weighted by Gasteiger charge is 2.30. The van der Waals surface area contributed by atoms with E-state index in [1.165, 1.54) is 26.2 Å². The Balaban J connectivity index is 2.29. The molecule has 0 aliphatic carbocycles. The maximum absolute atomic E-state index is 13.5. The highest BCUT2D eigenvalue weighted by atomic mass is 19.3. The van der Waals surface area contributed by atoms with Crippen molar-refractivity contribution >= 4 is 5.97 Å². The molecule has 0 bridgehead atoms. The molecule has 0 unspecified atom stereocenters. The van der Waals surface area contributed by atoms with E-state index < -0.39 is 18.4 Å².